The predicted octanol–water partition coefficient (Wildman–Crippen LogP) is 2.04. The molecular weight excluding hydrogens is 150 g/mol. The van der Waals surface area contributed by atoms with Gasteiger partial charge in [0.2, 0.25) is 0 Å². The van der Waals surface area contributed by atoms with E-state index in [9.17, 15) is 0 Å². The molecule has 1 rings (SSSR count). The van der Waals surface area contributed by atoms with Crippen molar-refractivity contribution in [2.24, 2.45) is 13.0 Å². The van der Waals surface area contributed by atoms with Gasteiger partial charge in [-0.15, -0.1) is 5.10 Å². The molecule has 1 heterocycles. The average molecular weight is 169 g/mol. The van der Waals surface area contributed by atoms with E-state index in [4.69, 9.17) is 0 Å². The Bertz CT molecular complexity index is 217. The molecular formula is C9H19N3. The molecule has 1 aromatic rings. The lowest BCUT2D eigenvalue weighted by Gasteiger charge is -2.02. The Kier molecular flexibility index (Phi) is 4.55. The monoisotopic (exact) mass is 169 g/mol. The quantitative estimate of drug-likeness (QED) is 0.693. The van der Waals surface area contributed by atoms with E-state index in [1.165, 1.54) is 6.42 Å². The van der Waals surface area contributed by atoms with Crippen molar-refractivity contribution in [2.75, 3.05) is 0 Å². The van der Waals surface area contributed by atoms with Gasteiger partial charge >= 0.3 is 0 Å². The molecule has 0 aliphatic rings. The van der Waals surface area contributed by atoms with Crippen LogP contribution in [0.25, 0.3) is 0 Å². The fraction of sp³-hybridized carbons (Fsp3) is 0.778. The van der Waals surface area contributed by atoms with E-state index in [1.807, 2.05) is 13.2 Å². The molecule has 3 heteroatoms. The van der Waals surface area contributed by atoms with Gasteiger partial charge in [-0.05, 0) is 12.3 Å². The molecule has 1 unspecified atom stereocenters. The Morgan fingerprint density at radius 2 is 2.25 bits per heavy atom. The molecule has 0 amide bonds. The topological polar surface area (TPSA) is 30.7 Å². The maximum atomic E-state index is 4.02. The van der Waals surface area contributed by atoms with Crippen LogP contribution in [0.1, 0.15) is 33.4 Å². The minimum Gasteiger partial charge on any atom is -0.255 e. The Labute approximate surface area is 74.8 Å². The SMILES string of the molecule is C.CCC(C)Cc1cn(C)nn1. The molecule has 0 aliphatic carbocycles. The molecule has 12 heavy (non-hydrogen) atoms. The molecule has 0 aliphatic heterocycles. The van der Waals surface area contributed by atoms with Crippen molar-refractivity contribution in [3.63, 3.8) is 0 Å². The fourth-order valence-electron chi connectivity index (χ4n) is 0.990. The van der Waals surface area contributed by atoms with Crippen LogP contribution in [0.5, 0.6) is 0 Å². The van der Waals surface area contributed by atoms with Gasteiger partial charge in [-0.2, -0.15) is 0 Å². The molecule has 70 valence electrons. The van der Waals surface area contributed by atoms with Crippen LogP contribution in [0.3, 0.4) is 0 Å². The number of rotatable bonds is 3. The Hall–Kier alpha value is -0.860. The van der Waals surface area contributed by atoms with Gasteiger partial charge in [0.25, 0.3) is 0 Å². The van der Waals surface area contributed by atoms with Crippen LogP contribution in [0.15, 0.2) is 6.20 Å². The van der Waals surface area contributed by atoms with Crippen molar-refractivity contribution >= 4 is 0 Å². The minimum atomic E-state index is 0. The van der Waals surface area contributed by atoms with Crippen molar-refractivity contribution in [1.82, 2.24) is 15.0 Å². The second kappa shape index (κ2) is 4.91. The number of hydrogen-bond acceptors (Lipinski definition) is 2. The maximum Gasteiger partial charge on any atom is 0.0829 e. The summed E-state index contributed by atoms with van der Waals surface area (Å²) in [6, 6.07) is 0. The van der Waals surface area contributed by atoms with E-state index in [0.717, 1.165) is 12.1 Å². The van der Waals surface area contributed by atoms with Crippen LogP contribution in [-0.4, -0.2) is 15.0 Å². The first-order chi connectivity index (χ1) is 5.22. The standard InChI is InChI=1S/C8H15N3.CH4/c1-4-7(2)5-8-6-11(3)10-9-8;/h6-7H,4-5H2,1-3H3;1H4. The van der Waals surface area contributed by atoms with Gasteiger partial charge in [0, 0.05) is 13.2 Å². The van der Waals surface area contributed by atoms with Gasteiger partial charge in [0.05, 0.1) is 5.69 Å². The first-order valence-electron chi connectivity index (χ1n) is 4.07. The lowest BCUT2D eigenvalue weighted by Crippen LogP contribution is -1.97. The summed E-state index contributed by atoms with van der Waals surface area (Å²) in [6.07, 6.45) is 4.23. The molecule has 0 fully saturated rings. The lowest BCUT2D eigenvalue weighted by atomic mass is 10.0. The summed E-state index contributed by atoms with van der Waals surface area (Å²) < 4.78 is 1.75. The van der Waals surface area contributed by atoms with Crippen LogP contribution in [-0.2, 0) is 13.5 Å². The Morgan fingerprint density at radius 3 is 2.67 bits per heavy atom. The van der Waals surface area contributed by atoms with E-state index < -0.39 is 0 Å². The minimum absolute atomic E-state index is 0. The first-order valence-corrected chi connectivity index (χ1v) is 4.07. The number of nitrogens with zero attached hydrogens (tertiary/aromatic N) is 3. The third-order valence-electron chi connectivity index (χ3n) is 1.90. The van der Waals surface area contributed by atoms with Crippen LogP contribution in [0.2, 0.25) is 0 Å². The summed E-state index contributed by atoms with van der Waals surface area (Å²) in [6.45, 7) is 4.43. The third-order valence-corrected chi connectivity index (χ3v) is 1.90. The van der Waals surface area contributed by atoms with E-state index in [0.29, 0.717) is 5.92 Å². The maximum absolute atomic E-state index is 4.02. The number of aromatic nitrogens is 3. The summed E-state index contributed by atoms with van der Waals surface area (Å²) in [7, 11) is 1.90. The van der Waals surface area contributed by atoms with Gasteiger partial charge in [-0.3, -0.25) is 4.68 Å². The van der Waals surface area contributed by atoms with Gasteiger partial charge in [0.15, 0.2) is 0 Å². The summed E-state index contributed by atoms with van der Waals surface area (Å²) in [5.74, 6) is 0.715. The zero-order valence-corrected chi connectivity index (χ0v) is 7.41. The first kappa shape index (κ1) is 11.1. The fourth-order valence-corrected chi connectivity index (χ4v) is 0.990. The summed E-state index contributed by atoms with van der Waals surface area (Å²) in [5, 5.41) is 7.89. The van der Waals surface area contributed by atoms with Crippen LogP contribution >= 0.6 is 0 Å². The summed E-state index contributed by atoms with van der Waals surface area (Å²) in [5.41, 5.74) is 1.10. The van der Waals surface area contributed by atoms with Gasteiger partial charge in [-0.1, -0.05) is 32.9 Å². The molecule has 3 nitrogen and oxygen atoms in total. The van der Waals surface area contributed by atoms with E-state index >= 15 is 0 Å². The largest absolute Gasteiger partial charge is 0.255 e. The number of hydrogen-bond donors (Lipinski definition) is 0. The van der Waals surface area contributed by atoms with Gasteiger partial charge in [-0.25, -0.2) is 0 Å². The van der Waals surface area contributed by atoms with Crippen LogP contribution in [0, 0.1) is 5.92 Å². The van der Waals surface area contributed by atoms with Gasteiger partial charge < -0.3 is 0 Å². The third kappa shape index (κ3) is 3.03. The van der Waals surface area contributed by atoms with Crippen molar-refractivity contribution in [3.8, 4) is 0 Å². The molecule has 0 radical (unpaired) electrons. The highest BCUT2D eigenvalue weighted by Gasteiger charge is 2.03. The van der Waals surface area contributed by atoms with Gasteiger partial charge in [0.1, 0.15) is 0 Å². The highest BCUT2D eigenvalue weighted by Crippen LogP contribution is 2.07. The molecule has 0 bridgehead atoms. The molecule has 0 spiro atoms. The normalized spacial score (nSPS) is 12.2. The Balaban J connectivity index is 0.00000121. The van der Waals surface area contributed by atoms with E-state index in [1.54, 1.807) is 4.68 Å². The van der Waals surface area contributed by atoms with E-state index in [-0.39, 0.29) is 7.43 Å². The number of aryl methyl sites for hydroxylation is 1. The molecule has 1 atom stereocenters. The molecule has 0 aromatic carbocycles. The second-order valence-corrected chi connectivity index (χ2v) is 3.10. The molecule has 0 saturated carbocycles. The van der Waals surface area contributed by atoms with Crippen molar-refractivity contribution in [2.45, 2.75) is 34.1 Å². The lowest BCUT2D eigenvalue weighted by molar-refractivity contribution is 0.552. The second-order valence-electron chi connectivity index (χ2n) is 3.10. The average Bonchev–Trinajstić information content (AvgIpc) is 2.35. The smallest absolute Gasteiger partial charge is 0.0829 e. The zero-order chi connectivity index (χ0) is 8.27. The molecule has 1 aromatic heterocycles. The van der Waals surface area contributed by atoms with Crippen molar-refractivity contribution in [1.29, 1.82) is 0 Å². The summed E-state index contributed by atoms with van der Waals surface area (Å²) >= 11 is 0. The van der Waals surface area contributed by atoms with E-state index in [2.05, 4.69) is 24.2 Å². The van der Waals surface area contributed by atoms with Crippen molar-refractivity contribution < 1.29 is 0 Å². The summed E-state index contributed by atoms with van der Waals surface area (Å²) in [4.78, 5) is 0. The highest BCUT2D eigenvalue weighted by atomic mass is 15.4. The highest BCUT2D eigenvalue weighted by molar-refractivity contribution is 4.92. The predicted molar refractivity (Wildman–Crippen MR) is 50.9 cm³/mol. The van der Waals surface area contributed by atoms with Crippen molar-refractivity contribution in [3.05, 3.63) is 11.9 Å². The zero-order valence-electron chi connectivity index (χ0n) is 7.41. The van der Waals surface area contributed by atoms with Crippen LogP contribution in [0.4, 0.5) is 0 Å². The molecule has 0 saturated heterocycles. The van der Waals surface area contributed by atoms with Crippen LogP contribution < -0.4 is 0 Å². The molecule has 0 N–H and O–H groups in total. The Morgan fingerprint density at radius 1 is 1.58 bits per heavy atom.